The number of aryl methyl sites for hydroxylation is 1. The molecule has 1 amide bonds. The molecule has 8 heteroatoms. The summed E-state index contributed by atoms with van der Waals surface area (Å²) in [5.74, 6) is -0.142. The summed E-state index contributed by atoms with van der Waals surface area (Å²) in [6.45, 7) is 2.17. The molecule has 0 spiro atoms. The van der Waals surface area contributed by atoms with Crippen molar-refractivity contribution in [2.45, 2.75) is 13.5 Å². The zero-order chi connectivity index (χ0) is 19.2. The number of rotatable bonds is 6. The number of hydrogen-bond donors (Lipinski definition) is 1. The Labute approximate surface area is 160 Å². The number of aromatic nitrogens is 2. The summed E-state index contributed by atoms with van der Waals surface area (Å²) in [7, 11) is 1.32. The van der Waals surface area contributed by atoms with Gasteiger partial charge in [0.15, 0.2) is 0 Å². The Morgan fingerprint density at radius 1 is 1.07 bits per heavy atom. The second-order valence-electron chi connectivity index (χ2n) is 5.64. The van der Waals surface area contributed by atoms with Crippen molar-refractivity contribution in [3.05, 3.63) is 71.0 Å². The van der Waals surface area contributed by atoms with Gasteiger partial charge in [-0.1, -0.05) is 6.07 Å². The molecular formula is C19H17N3O4S. The second-order valence-corrected chi connectivity index (χ2v) is 6.16. The number of carbonyl (C=O) groups is 2. The van der Waals surface area contributed by atoms with Crippen molar-refractivity contribution in [1.82, 2.24) is 8.75 Å². The Balaban J connectivity index is 1.64. The van der Waals surface area contributed by atoms with E-state index in [1.807, 2.05) is 6.92 Å². The molecule has 138 valence electrons. The molecule has 0 aliphatic rings. The van der Waals surface area contributed by atoms with E-state index >= 15 is 0 Å². The minimum absolute atomic E-state index is 0.280. The van der Waals surface area contributed by atoms with E-state index in [0.717, 1.165) is 23.1 Å². The molecule has 1 aromatic heterocycles. The van der Waals surface area contributed by atoms with Gasteiger partial charge in [-0.15, -0.1) is 0 Å². The lowest BCUT2D eigenvalue weighted by atomic mass is 10.1. The highest BCUT2D eigenvalue weighted by Crippen LogP contribution is 2.18. The van der Waals surface area contributed by atoms with Crippen LogP contribution in [0.5, 0.6) is 5.75 Å². The molecule has 0 unspecified atom stereocenters. The van der Waals surface area contributed by atoms with Crippen molar-refractivity contribution in [3.8, 4) is 5.75 Å². The van der Waals surface area contributed by atoms with Gasteiger partial charge in [0.05, 0.1) is 30.1 Å². The highest BCUT2D eigenvalue weighted by Gasteiger charge is 2.10. The number of nitrogens with zero attached hydrogens (tertiary/aromatic N) is 2. The number of carbonyl (C=O) groups excluding carboxylic acids is 2. The number of nitrogens with one attached hydrogen (secondary N) is 1. The number of ether oxygens (including phenoxy) is 2. The Bertz CT molecular complexity index is 954. The van der Waals surface area contributed by atoms with Crippen LogP contribution in [0.1, 0.15) is 32.1 Å². The predicted octanol–water partition coefficient (Wildman–Crippen LogP) is 3.46. The maximum Gasteiger partial charge on any atom is 0.337 e. The van der Waals surface area contributed by atoms with Crippen LogP contribution < -0.4 is 10.1 Å². The summed E-state index contributed by atoms with van der Waals surface area (Å²) < 4.78 is 18.6. The molecule has 0 radical (unpaired) electrons. The van der Waals surface area contributed by atoms with Gasteiger partial charge in [0.1, 0.15) is 18.1 Å². The highest BCUT2D eigenvalue weighted by atomic mass is 32.1. The van der Waals surface area contributed by atoms with Crippen LogP contribution in [-0.2, 0) is 11.3 Å². The van der Waals surface area contributed by atoms with E-state index in [1.165, 1.54) is 7.11 Å². The SMILES string of the molecule is COC(=O)c1ccc(NC(=O)c2cccc(OCc3nsnc3C)c2)cc1. The zero-order valence-electron chi connectivity index (χ0n) is 14.8. The predicted molar refractivity (Wildman–Crippen MR) is 101 cm³/mol. The first-order chi connectivity index (χ1) is 13.1. The van der Waals surface area contributed by atoms with Gasteiger partial charge in [-0.2, -0.15) is 8.75 Å². The number of hydrogen-bond acceptors (Lipinski definition) is 7. The van der Waals surface area contributed by atoms with E-state index in [-0.39, 0.29) is 5.91 Å². The topological polar surface area (TPSA) is 90.4 Å². The first kappa shape index (κ1) is 18.5. The summed E-state index contributed by atoms with van der Waals surface area (Å²) in [6.07, 6.45) is 0. The van der Waals surface area contributed by atoms with E-state index in [9.17, 15) is 9.59 Å². The molecule has 0 bridgehead atoms. The number of amides is 1. The number of benzene rings is 2. The smallest absolute Gasteiger partial charge is 0.337 e. The summed E-state index contributed by atoms with van der Waals surface area (Å²) >= 11 is 1.14. The molecule has 0 atom stereocenters. The third kappa shape index (κ3) is 4.68. The van der Waals surface area contributed by atoms with Gasteiger partial charge in [0.25, 0.3) is 5.91 Å². The Morgan fingerprint density at radius 2 is 1.85 bits per heavy atom. The average Bonchev–Trinajstić information content (AvgIpc) is 3.11. The van der Waals surface area contributed by atoms with Gasteiger partial charge in [0.2, 0.25) is 0 Å². The van der Waals surface area contributed by atoms with Crippen molar-refractivity contribution < 1.29 is 19.1 Å². The maximum atomic E-state index is 12.4. The summed E-state index contributed by atoms with van der Waals surface area (Å²) in [6, 6.07) is 13.3. The van der Waals surface area contributed by atoms with Crippen LogP contribution in [0.15, 0.2) is 48.5 Å². The van der Waals surface area contributed by atoms with Gasteiger partial charge in [-0.25, -0.2) is 4.79 Å². The fraction of sp³-hybridized carbons (Fsp3) is 0.158. The Kier molecular flexibility index (Phi) is 5.77. The number of anilines is 1. The van der Waals surface area contributed by atoms with Crippen molar-refractivity contribution in [2.24, 2.45) is 0 Å². The van der Waals surface area contributed by atoms with Crippen LogP contribution in [0.2, 0.25) is 0 Å². The molecule has 0 aliphatic carbocycles. The molecule has 0 aliphatic heterocycles. The molecule has 1 heterocycles. The molecule has 0 fully saturated rings. The quantitative estimate of drug-likeness (QED) is 0.656. The van der Waals surface area contributed by atoms with Crippen LogP contribution in [0.4, 0.5) is 5.69 Å². The highest BCUT2D eigenvalue weighted by molar-refractivity contribution is 6.99. The van der Waals surface area contributed by atoms with Crippen molar-refractivity contribution in [2.75, 3.05) is 12.4 Å². The molecule has 0 saturated heterocycles. The van der Waals surface area contributed by atoms with E-state index in [2.05, 4.69) is 18.8 Å². The monoisotopic (exact) mass is 383 g/mol. The van der Waals surface area contributed by atoms with Crippen LogP contribution >= 0.6 is 11.7 Å². The van der Waals surface area contributed by atoms with Crippen LogP contribution in [0.3, 0.4) is 0 Å². The Morgan fingerprint density at radius 3 is 2.52 bits per heavy atom. The lowest BCUT2D eigenvalue weighted by molar-refractivity contribution is 0.0600. The fourth-order valence-electron chi connectivity index (χ4n) is 2.27. The second kappa shape index (κ2) is 8.41. The van der Waals surface area contributed by atoms with E-state index < -0.39 is 5.97 Å². The molecular weight excluding hydrogens is 366 g/mol. The molecule has 0 saturated carbocycles. The van der Waals surface area contributed by atoms with E-state index in [0.29, 0.717) is 29.2 Å². The van der Waals surface area contributed by atoms with Crippen molar-refractivity contribution in [3.63, 3.8) is 0 Å². The van der Waals surface area contributed by atoms with Gasteiger partial charge in [-0.3, -0.25) is 4.79 Å². The van der Waals surface area contributed by atoms with Crippen LogP contribution in [0, 0.1) is 6.92 Å². The van der Waals surface area contributed by atoms with Crippen molar-refractivity contribution >= 4 is 29.3 Å². The molecule has 3 rings (SSSR count). The molecule has 7 nitrogen and oxygen atoms in total. The van der Waals surface area contributed by atoms with Gasteiger partial charge < -0.3 is 14.8 Å². The first-order valence-electron chi connectivity index (χ1n) is 8.07. The van der Waals surface area contributed by atoms with Gasteiger partial charge in [-0.05, 0) is 49.4 Å². The molecule has 2 aromatic carbocycles. The van der Waals surface area contributed by atoms with Crippen LogP contribution in [0.25, 0.3) is 0 Å². The van der Waals surface area contributed by atoms with Crippen LogP contribution in [-0.4, -0.2) is 27.7 Å². The minimum atomic E-state index is -0.428. The van der Waals surface area contributed by atoms with Gasteiger partial charge in [0, 0.05) is 11.3 Å². The number of esters is 1. The lowest BCUT2D eigenvalue weighted by Crippen LogP contribution is -2.12. The van der Waals surface area contributed by atoms with Crippen molar-refractivity contribution in [1.29, 1.82) is 0 Å². The standard InChI is InChI=1S/C19H17N3O4S/c1-12-17(22-27-21-12)11-26-16-5-3-4-14(10-16)18(23)20-15-8-6-13(7-9-15)19(24)25-2/h3-10H,11H2,1-2H3,(H,20,23). The largest absolute Gasteiger partial charge is 0.487 e. The number of methoxy groups -OCH3 is 1. The molecule has 1 N–H and O–H groups in total. The third-order valence-corrected chi connectivity index (χ3v) is 4.44. The Hall–Kier alpha value is -3.26. The lowest BCUT2D eigenvalue weighted by Gasteiger charge is -2.09. The summed E-state index contributed by atoms with van der Waals surface area (Å²) in [5, 5.41) is 2.78. The van der Waals surface area contributed by atoms with Gasteiger partial charge >= 0.3 is 5.97 Å². The summed E-state index contributed by atoms with van der Waals surface area (Å²) in [4.78, 5) is 23.9. The summed E-state index contributed by atoms with van der Waals surface area (Å²) in [5.41, 5.74) is 3.06. The third-order valence-electron chi connectivity index (χ3n) is 3.78. The molecule has 3 aromatic rings. The normalized spacial score (nSPS) is 10.3. The fourth-order valence-corrected chi connectivity index (χ4v) is 2.82. The minimum Gasteiger partial charge on any atom is -0.487 e. The van der Waals surface area contributed by atoms with E-state index in [4.69, 9.17) is 4.74 Å². The maximum absolute atomic E-state index is 12.4. The average molecular weight is 383 g/mol. The molecule has 27 heavy (non-hydrogen) atoms. The first-order valence-corrected chi connectivity index (χ1v) is 8.80. The zero-order valence-corrected chi connectivity index (χ0v) is 15.6. The van der Waals surface area contributed by atoms with E-state index in [1.54, 1.807) is 48.5 Å².